The van der Waals surface area contributed by atoms with E-state index < -0.39 is 0 Å². The monoisotopic (exact) mass is 441 g/mol. The van der Waals surface area contributed by atoms with Crippen LogP contribution in [0, 0.1) is 0 Å². The molecule has 7 nitrogen and oxygen atoms in total. The normalized spacial score (nSPS) is 12.5. The average Bonchev–Trinajstić information content (AvgIpc) is 3.37. The van der Waals surface area contributed by atoms with Gasteiger partial charge in [0.25, 0.3) is 0 Å². The molecule has 1 aromatic heterocycles. The summed E-state index contributed by atoms with van der Waals surface area (Å²) in [5.74, 6) is 2.24. The van der Waals surface area contributed by atoms with E-state index in [0.717, 1.165) is 40.2 Å². The molecule has 0 radical (unpaired) electrons. The number of nitrogens with zero attached hydrogens (tertiary/aromatic N) is 3. The molecule has 2 aromatic carbocycles. The molecular weight excluding hydrogens is 414 g/mol. The molecule has 0 N–H and O–H groups in total. The number of anilines is 1. The summed E-state index contributed by atoms with van der Waals surface area (Å²) in [6.07, 6.45) is 1.14. The number of ether oxygens (including phenoxy) is 3. The van der Waals surface area contributed by atoms with E-state index in [2.05, 4.69) is 4.90 Å². The van der Waals surface area contributed by atoms with Gasteiger partial charge in [-0.3, -0.25) is 9.69 Å². The van der Waals surface area contributed by atoms with Crippen molar-refractivity contribution in [2.24, 2.45) is 0 Å². The Balaban J connectivity index is 1.57. The van der Waals surface area contributed by atoms with Gasteiger partial charge in [-0.15, -0.1) is 0 Å². The van der Waals surface area contributed by atoms with Crippen molar-refractivity contribution in [1.82, 2.24) is 9.88 Å². The summed E-state index contributed by atoms with van der Waals surface area (Å²) in [5.41, 5.74) is 1.77. The van der Waals surface area contributed by atoms with E-state index >= 15 is 0 Å². The maximum absolute atomic E-state index is 13.3. The van der Waals surface area contributed by atoms with E-state index in [4.69, 9.17) is 19.2 Å². The zero-order valence-electron chi connectivity index (χ0n) is 18.1. The van der Waals surface area contributed by atoms with E-state index in [1.807, 2.05) is 57.4 Å². The zero-order valence-corrected chi connectivity index (χ0v) is 18.9. The summed E-state index contributed by atoms with van der Waals surface area (Å²) in [4.78, 5) is 22.0. The highest BCUT2D eigenvalue weighted by Gasteiger charge is 2.22. The van der Waals surface area contributed by atoms with Crippen LogP contribution in [0.1, 0.15) is 18.9 Å². The summed E-state index contributed by atoms with van der Waals surface area (Å²) in [6, 6.07) is 11.5. The summed E-state index contributed by atoms with van der Waals surface area (Å²) < 4.78 is 17.4. The first kappa shape index (κ1) is 21.4. The van der Waals surface area contributed by atoms with E-state index in [9.17, 15) is 4.79 Å². The van der Waals surface area contributed by atoms with Crippen molar-refractivity contribution in [3.05, 3.63) is 42.0 Å². The fourth-order valence-corrected chi connectivity index (χ4v) is 4.50. The molecule has 2 heterocycles. The molecule has 1 aliphatic heterocycles. The lowest BCUT2D eigenvalue weighted by molar-refractivity contribution is -0.118. The van der Waals surface area contributed by atoms with E-state index in [1.165, 1.54) is 11.3 Å². The van der Waals surface area contributed by atoms with Crippen LogP contribution in [0.4, 0.5) is 5.13 Å². The smallest absolute Gasteiger partial charge is 0.233 e. The second-order valence-corrected chi connectivity index (χ2v) is 8.63. The number of aromatic nitrogens is 1. The van der Waals surface area contributed by atoms with Crippen molar-refractivity contribution in [2.45, 2.75) is 19.8 Å². The van der Waals surface area contributed by atoms with Crippen LogP contribution in [0.5, 0.6) is 17.2 Å². The lowest BCUT2D eigenvalue weighted by Gasteiger charge is -2.21. The average molecular weight is 442 g/mol. The number of hydrogen-bond donors (Lipinski definition) is 0. The molecule has 0 fully saturated rings. The van der Waals surface area contributed by atoms with Crippen molar-refractivity contribution in [1.29, 1.82) is 0 Å². The molecule has 0 saturated carbocycles. The van der Waals surface area contributed by atoms with Gasteiger partial charge in [-0.25, -0.2) is 4.98 Å². The van der Waals surface area contributed by atoms with Crippen LogP contribution in [0.15, 0.2) is 36.4 Å². The molecule has 3 aromatic rings. The third kappa shape index (κ3) is 5.08. The first-order valence-electron chi connectivity index (χ1n) is 10.4. The highest BCUT2D eigenvalue weighted by atomic mass is 32.1. The highest BCUT2D eigenvalue weighted by molar-refractivity contribution is 7.22. The van der Waals surface area contributed by atoms with Crippen molar-refractivity contribution < 1.29 is 19.0 Å². The molecule has 0 bridgehead atoms. The van der Waals surface area contributed by atoms with Crippen LogP contribution in [-0.2, 0) is 11.2 Å². The maximum Gasteiger partial charge on any atom is 0.233 e. The fourth-order valence-electron chi connectivity index (χ4n) is 3.46. The van der Waals surface area contributed by atoms with Gasteiger partial charge in [0, 0.05) is 6.54 Å². The molecular formula is C23H27N3O4S. The van der Waals surface area contributed by atoms with E-state index in [1.54, 1.807) is 4.90 Å². The number of thiazole rings is 1. The maximum atomic E-state index is 13.3. The minimum atomic E-state index is 0.0155. The molecule has 0 spiro atoms. The third-order valence-corrected chi connectivity index (χ3v) is 6.01. The predicted octanol–water partition coefficient (Wildman–Crippen LogP) is 3.95. The number of rotatable bonds is 9. The van der Waals surface area contributed by atoms with Gasteiger partial charge in [-0.05, 0) is 69.9 Å². The van der Waals surface area contributed by atoms with Gasteiger partial charge < -0.3 is 19.1 Å². The highest BCUT2D eigenvalue weighted by Crippen LogP contribution is 2.34. The number of carbonyl (C=O) groups is 1. The number of amides is 1. The fraction of sp³-hybridized carbons (Fsp3) is 0.391. The van der Waals surface area contributed by atoms with Crippen LogP contribution in [0.25, 0.3) is 10.2 Å². The van der Waals surface area contributed by atoms with Gasteiger partial charge in [0.15, 0.2) is 16.6 Å². The van der Waals surface area contributed by atoms with E-state index in [0.29, 0.717) is 24.0 Å². The lowest BCUT2D eigenvalue weighted by Crippen LogP contribution is -2.34. The van der Waals surface area contributed by atoms with Gasteiger partial charge in [0.05, 0.1) is 23.2 Å². The van der Waals surface area contributed by atoms with Crippen LogP contribution in [-0.4, -0.2) is 56.4 Å². The van der Waals surface area contributed by atoms with Crippen molar-refractivity contribution >= 4 is 32.6 Å². The SMILES string of the molecule is CCOc1ccc2nc(N(CCCN(C)C)C(=O)Cc3ccc4c(c3)OCO4)sc2c1. The van der Waals surface area contributed by atoms with Crippen LogP contribution in [0.2, 0.25) is 0 Å². The molecule has 4 rings (SSSR count). The van der Waals surface area contributed by atoms with Gasteiger partial charge in [-0.2, -0.15) is 0 Å². The largest absolute Gasteiger partial charge is 0.494 e. The van der Waals surface area contributed by atoms with Gasteiger partial charge >= 0.3 is 0 Å². The molecule has 8 heteroatoms. The molecule has 0 aliphatic carbocycles. The second kappa shape index (κ2) is 9.53. The van der Waals surface area contributed by atoms with Crippen LogP contribution in [0.3, 0.4) is 0 Å². The Labute approximate surface area is 186 Å². The minimum absolute atomic E-state index is 0.0155. The molecule has 31 heavy (non-hydrogen) atoms. The summed E-state index contributed by atoms with van der Waals surface area (Å²) >= 11 is 1.52. The molecule has 0 unspecified atom stereocenters. The zero-order chi connectivity index (χ0) is 21.8. The van der Waals surface area contributed by atoms with Gasteiger partial charge in [-0.1, -0.05) is 17.4 Å². The molecule has 1 aliphatic rings. The predicted molar refractivity (Wildman–Crippen MR) is 123 cm³/mol. The summed E-state index contributed by atoms with van der Waals surface area (Å²) in [5, 5.41) is 0.716. The number of carbonyl (C=O) groups excluding carboxylic acids is 1. The molecule has 1 amide bonds. The second-order valence-electron chi connectivity index (χ2n) is 7.63. The number of hydrogen-bond acceptors (Lipinski definition) is 7. The van der Waals surface area contributed by atoms with Crippen molar-refractivity contribution in [2.75, 3.05) is 45.5 Å². The quantitative estimate of drug-likeness (QED) is 0.501. The van der Waals surface area contributed by atoms with Crippen molar-refractivity contribution in [3.8, 4) is 17.2 Å². The Morgan fingerprint density at radius 2 is 1.97 bits per heavy atom. The summed E-state index contributed by atoms with van der Waals surface area (Å²) in [7, 11) is 4.07. The Morgan fingerprint density at radius 1 is 1.13 bits per heavy atom. The third-order valence-electron chi connectivity index (χ3n) is 4.97. The van der Waals surface area contributed by atoms with Crippen LogP contribution >= 0.6 is 11.3 Å². The lowest BCUT2D eigenvalue weighted by atomic mass is 10.1. The minimum Gasteiger partial charge on any atom is -0.494 e. The first-order valence-corrected chi connectivity index (χ1v) is 11.2. The Kier molecular flexibility index (Phi) is 6.58. The number of benzene rings is 2. The topological polar surface area (TPSA) is 64.1 Å². The van der Waals surface area contributed by atoms with Crippen LogP contribution < -0.4 is 19.1 Å². The molecule has 164 valence electrons. The Hall–Kier alpha value is -2.84. The number of fused-ring (bicyclic) bond motifs is 2. The van der Waals surface area contributed by atoms with Gasteiger partial charge in [0.2, 0.25) is 12.7 Å². The Morgan fingerprint density at radius 3 is 2.77 bits per heavy atom. The van der Waals surface area contributed by atoms with Gasteiger partial charge in [0.1, 0.15) is 5.75 Å². The van der Waals surface area contributed by atoms with E-state index in [-0.39, 0.29) is 19.1 Å². The van der Waals surface area contributed by atoms with Crippen molar-refractivity contribution in [3.63, 3.8) is 0 Å². The standard InChI is InChI=1S/C23H27N3O4S/c1-4-28-17-7-8-18-21(14-17)31-23(24-18)26(11-5-10-25(2)3)22(27)13-16-6-9-19-20(12-16)30-15-29-19/h6-9,12,14H,4-5,10-11,13,15H2,1-3H3. The summed E-state index contributed by atoms with van der Waals surface area (Å²) in [6.45, 7) is 4.30. The Bertz CT molecular complexity index is 1070. The molecule has 0 atom stereocenters. The molecule has 0 saturated heterocycles. The first-order chi connectivity index (χ1) is 15.0.